The number of amides is 2. The van der Waals surface area contributed by atoms with Crippen LogP contribution in [-0.4, -0.2) is 47.3 Å². The van der Waals surface area contributed by atoms with E-state index in [4.69, 9.17) is 0 Å². The Labute approximate surface area is 158 Å². The molecule has 1 aromatic rings. The molecule has 1 saturated heterocycles. The van der Waals surface area contributed by atoms with Crippen LogP contribution in [0.4, 0.5) is 11.4 Å². The summed E-state index contributed by atoms with van der Waals surface area (Å²) in [6.07, 6.45) is 6.37. The Kier molecular flexibility index (Phi) is 6.26. The number of hydrogen-bond donors (Lipinski definition) is 2. The molecule has 0 bridgehead atoms. The van der Waals surface area contributed by atoms with Crippen LogP contribution >= 0.6 is 0 Å². The van der Waals surface area contributed by atoms with E-state index in [0.29, 0.717) is 37.7 Å². The molecule has 1 aliphatic carbocycles. The van der Waals surface area contributed by atoms with E-state index in [0.717, 1.165) is 38.6 Å². The molecule has 8 nitrogen and oxygen atoms in total. The predicted molar refractivity (Wildman–Crippen MR) is 102 cm³/mol. The maximum atomic E-state index is 12.3. The monoisotopic (exact) mass is 374 g/mol. The van der Waals surface area contributed by atoms with Crippen molar-refractivity contribution in [1.29, 1.82) is 0 Å². The van der Waals surface area contributed by atoms with Crippen molar-refractivity contribution in [3.63, 3.8) is 0 Å². The zero-order valence-corrected chi connectivity index (χ0v) is 15.4. The molecule has 0 atom stereocenters. The number of likely N-dealkylation sites (tertiary alicyclic amines) is 1. The second-order valence-electron chi connectivity index (χ2n) is 7.21. The molecule has 0 spiro atoms. The second kappa shape index (κ2) is 8.83. The molecule has 0 aromatic heterocycles. The van der Waals surface area contributed by atoms with Gasteiger partial charge in [-0.15, -0.1) is 0 Å². The van der Waals surface area contributed by atoms with Crippen molar-refractivity contribution < 1.29 is 14.5 Å². The Bertz CT molecular complexity index is 718. The van der Waals surface area contributed by atoms with Gasteiger partial charge in [0.15, 0.2) is 0 Å². The number of nitrogens with zero attached hydrogens (tertiary/aromatic N) is 2. The summed E-state index contributed by atoms with van der Waals surface area (Å²) < 4.78 is 0. The highest BCUT2D eigenvalue weighted by atomic mass is 16.6. The minimum atomic E-state index is -0.466. The number of carbonyl (C=O) groups excluding carboxylic acids is 2. The largest absolute Gasteiger partial charge is 0.377 e. The van der Waals surface area contributed by atoms with Crippen molar-refractivity contribution >= 4 is 23.2 Å². The van der Waals surface area contributed by atoms with E-state index in [9.17, 15) is 19.7 Å². The maximum absolute atomic E-state index is 12.3. The van der Waals surface area contributed by atoms with Crippen LogP contribution in [-0.2, 0) is 4.79 Å². The SMILES string of the molecule is O=C(NCCCN1CCCCCC1=O)c1ccc(NC2CC2)c([N+](=O)[O-])c1. The summed E-state index contributed by atoms with van der Waals surface area (Å²) in [6, 6.07) is 4.82. The third kappa shape index (κ3) is 5.42. The Morgan fingerprint density at radius 1 is 1.26 bits per heavy atom. The van der Waals surface area contributed by atoms with Crippen LogP contribution in [0, 0.1) is 10.1 Å². The molecular formula is C19H26N4O4. The topological polar surface area (TPSA) is 105 Å². The van der Waals surface area contributed by atoms with Crippen molar-refractivity contribution in [2.75, 3.05) is 25.0 Å². The lowest BCUT2D eigenvalue weighted by molar-refractivity contribution is -0.384. The van der Waals surface area contributed by atoms with Crippen molar-refractivity contribution in [1.82, 2.24) is 10.2 Å². The van der Waals surface area contributed by atoms with E-state index in [1.165, 1.54) is 6.07 Å². The van der Waals surface area contributed by atoms with Gasteiger partial charge in [0.2, 0.25) is 5.91 Å². The van der Waals surface area contributed by atoms with Gasteiger partial charge in [-0.05, 0) is 44.2 Å². The molecule has 2 amide bonds. The highest BCUT2D eigenvalue weighted by molar-refractivity contribution is 5.95. The molecule has 2 N–H and O–H groups in total. The highest BCUT2D eigenvalue weighted by Crippen LogP contribution is 2.31. The summed E-state index contributed by atoms with van der Waals surface area (Å²) in [5.41, 5.74) is 0.650. The number of hydrogen-bond acceptors (Lipinski definition) is 5. The van der Waals surface area contributed by atoms with E-state index in [1.807, 2.05) is 4.90 Å². The van der Waals surface area contributed by atoms with Gasteiger partial charge in [0.05, 0.1) is 4.92 Å². The van der Waals surface area contributed by atoms with Crippen LogP contribution in [0.3, 0.4) is 0 Å². The molecule has 2 aliphatic rings. The fourth-order valence-electron chi connectivity index (χ4n) is 3.24. The minimum Gasteiger partial charge on any atom is -0.377 e. The van der Waals surface area contributed by atoms with E-state index in [1.54, 1.807) is 12.1 Å². The molecule has 146 valence electrons. The van der Waals surface area contributed by atoms with Gasteiger partial charge >= 0.3 is 0 Å². The molecule has 1 aliphatic heterocycles. The Morgan fingerprint density at radius 2 is 2.07 bits per heavy atom. The molecule has 8 heteroatoms. The van der Waals surface area contributed by atoms with E-state index < -0.39 is 4.92 Å². The molecule has 0 unspecified atom stereocenters. The Morgan fingerprint density at radius 3 is 2.81 bits per heavy atom. The normalized spacial score (nSPS) is 17.3. The van der Waals surface area contributed by atoms with E-state index in [-0.39, 0.29) is 23.1 Å². The first-order valence-corrected chi connectivity index (χ1v) is 9.65. The molecule has 1 saturated carbocycles. The first kappa shape index (κ1) is 19.1. The third-order valence-electron chi connectivity index (χ3n) is 4.96. The molecule has 3 rings (SSSR count). The van der Waals surface area contributed by atoms with Crippen LogP contribution in [0.25, 0.3) is 0 Å². The smallest absolute Gasteiger partial charge is 0.293 e. The van der Waals surface area contributed by atoms with Gasteiger partial charge in [-0.2, -0.15) is 0 Å². The fraction of sp³-hybridized carbons (Fsp3) is 0.579. The number of rotatable bonds is 8. The predicted octanol–water partition coefficient (Wildman–Crippen LogP) is 2.69. The lowest BCUT2D eigenvalue weighted by atomic mass is 10.1. The van der Waals surface area contributed by atoms with Crippen LogP contribution in [0.5, 0.6) is 0 Å². The standard InChI is InChI=1S/C19H26N4O4/c24-18-5-2-1-3-11-22(18)12-4-10-20-19(25)14-6-9-16(21-15-7-8-15)17(13-14)23(26)27/h6,9,13,15,21H,1-5,7-8,10-12H2,(H,20,25). The number of anilines is 1. The summed E-state index contributed by atoms with van der Waals surface area (Å²) in [4.78, 5) is 36.9. The highest BCUT2D eigenvalue weighted by Gasteiger charge is 2.25. The minimum absolute atomic E-state index is 0.0790. The lowest BCUT2D eigenvalue weighted by Crippen LogP contribution is -2.34. The summed E-state index contributed by atoms with van der Waals surface area (Å²) in [6.45, 7) is 1.84. The summed E-state index contributed by atoms with van der Waals surface area (Å²) in [5.74, 6) is -0.147. The van der Waals surface area contributed by atoms with Crippen molar-refractivity contribution in [2.24, 2.45) is 0 Å². The summed E-state index contributed by atoms with van der Waals surface area (Å²) in [7, 11) is 0. The molecular weight excluding hydrogens is 348 g/mol. The number of carbonyl (C=O) groups is 2. The molecule has 1 heterocycles. The average Bonchev–Trinajstić information content (AvgIpc) is 3.48. The second-order valence-corrected chi connectivity index (χ2v) is 7.21. The number of benzene rings is 1. The number of nitro groups is 1. The number of nitro benzene ring substituents is 1. The molecule has 27 heavy (non-hydrogen) atoms. The quantitative estimate of drug-likeness (QED) is 0.413. The van der Waals surface area contributed by atoms with Gasteiger partial charge in [-0.3, -0.25) is 19.7 Å². The van der Waals surface area contributed by atoms with Crippen molar-refractivity contribution in [3.8, 4) is 0 Å². The van der Waals surface area contributed by atoms with Crippen LogP contribution in [0.2, 0.25) is 0 Å². The van der Waals surface area contributed by atoms with Crippen LogP contribution < -0.4 is 10.6 Å². The summed E-state index contributed by atoms with van der Waals surface area (Å²) in [5, 5.41) is 17.2. The van der Waals surface area contributed by atoms with Gasteiger partial charge in [0.1, 0.15) is 5.69 Å². The maximum Gasteiger partial charge on any atom is 0.293 e. The Balaban J connectivity index is 1.50. The number of nitrogens with one attached hydrogen (secondary N) is 2. The molecule has 0 radical (unpaired) electrons. The average molecular weight is 374 g/mol. The first-order chi connectivity index (χ1) is 13.0. The zero-order chi connectivity index (χ0) is 19.2. The van der Waals surface area contributed by atoms with Gasteiger partial charge in [-0.1, -0.05) is 6.42 Å². The van der Waals surface area contributed by atoms with Crippen LogP contribution in [0.1, 0.15) is 55.3 Å². The first-order valence-electron chi connectivity index (χ1n) is 9.65. The van der Waals surface area contributed by atoms with E-state index in [2.05, 4.69) is 10.6 Å². The van der Waals surface area contributed by atoms with Gasteiger partial charge in [0, 0.05) is 43.7 Å². The third-order valence-corrected chi connectivity index (χ3v) is 4.96. The fourth-order valence-corrected chi connectivity index (χ4v) is 3.24. The van der Waals surface area contributed by atoms with Crippen LogP contribution in [0.15, 0.2) is 18.2 Å². The van der Waals surface area contributed by atoms with Crippen molar-refractivity contribution in [3.05, 3.63) is 33.9 Å². The van der Waals surface area contributed by atoms with Crippen molar-refractivity contribution in [2.45, 2.75) is 51.0 Å². The van der Waals surface area contributed by atoms with Gasteiger partial charge < -0.3 is 15.5 Å². The van der Waals surface area contributed by atoms with E-state index >= 15 is 0 Å². The molecule has 2 fully saturated rings. The lowest BCUT2D eigenvalue weighted by Gasteiger charge is -2.20. The molecule has 1 aromatic carbocycles. The summed E-state index contributed by atoms with van der Waals surface area (Å²) >= 11 is 0. The van der Waals surface area contributed by atoms with Gasteiger partial charge in [0.25, 0.3) is 11.6 Å². The van der Waals surface area contributed by atoms with Gasteiger partial charge in [-0.25, -0.2) is 0 Å². The Hall–Kier alpha value is -2.64. The zero-order valence-electron chi connectivity index (χ0n) is 15.4.